The molecule has 1 saturated heterocycles. The Morgan fingerprint density at radius 2 is 1.83 bits per heavy atom. The van der Waals surface area contributed by atoms with Crippen molar-refractivity contribution in [1.29, 1.82) is 0 Å². The quantitative estimate of drug-likeness (QED) is 0.106. The third-order valence-electron chi connectivity index (χ3n) is 9.75. The van der Waals surface area contributed by atoms with E-state index in [-0.39, 0.29) is 43.1 Å². The molecule has 3 aromatic rings. The number of hydrogen-bond acceptors (Lipinski definition) is 12. The highest BCUT2D eigenvalue weighted by Crippen LogP contribution is 2.46. The van der Waals surface area contributed by atoms with E-state index in [9.17, 15) is 19.2 Å². The molecule has 2 unspecified atom stereocenters. The van der Waals surface area contributed by atoms with Crippen LogP contribution in [0.4, 0.5) is 4.79 Å². The van der Waals surface area contributed by atoms with Crippen molar-refractivity contribution in [2.24, 2.45) is 17.3 Å². The third kappa shape index (κ3) is 12.1. The molecule has 3 N–H and O–H groups in total. The molecule has 320 valence electrons. The van der Waals surface area contributed by atoms with Crippen molar-refractivity contribution >= 4 is 46.8 Å². The van der Waals surface area contributed by atoms with E-state index in [2.05, 4.69) is 54.6 Å². The molecule has 15 nitrogen and oxygen atoms in total. The van der Waals surface area contributed by atoms with Crippen LogP contribution in [0, 0.1) is 17.3 Å². The Kier molecular flexibility index (Phi) is 14.9. The maximum absolute atomic E-state index is 13.4. The Bertz CT molecular complexity index is 2000. The highest BCUT2D eigenvalue weighted by atomic mass is 32.2. The number of alkyl carbamates (subject to hydrolysis) is 1. The number of nitrogens with zero attached hydrogens (tertiary/aromatic N) is 3. The lowest BCUT2D eigenvalue weighted by molar-refractivity contribution is -0.139. The number of ether oxygens (including phenoxy) is 5. The summed E-state index contributed by atoms with van der Waals surface area (Å²) in [6, 6.07) is 9.37. The molecule has 1 aromatic heterocycles. The van der Waals surface area contributed by atoms with Gasteiger partial charge in [-0.3, -0.25) is 19.1 Å². The average molecular weight is 835 g/mol. The van der Waals surface area contributed by atoms with Gasteiger partial charge in [0.1, 0.15) is 42.2 Å². The molecule has 1 saturated carbocycles. The van der Waals surface area contributed by atoms with Crippen LogP contribution in [-0.4, -0.2) is 95.7 Å². The lowest BCUT2D eigenvalue weighted by Crippen LogP contribution is -2.55. The highest BCUT2D eigenvalue weighted by molar-refractivity contribution is 7.99. The van der Waals surface area contributed by atoms with Crippen molar-refractivity contribution in [3.8, 4) is 34.4 Å². The number of likely N-dealkylation sites (tertiary alicyclic amines) is 1. The molecule has 2 aromatic carbocycles. The number of aromatic nitrogens is 2. The van der Waals surface area contributed by atoms with E-state index in [0.29, 0.717) is 59.2 Å². The summed E-state index contributed by atoms with van der Waals surface area (Å²) in [5.74, 6) is 1.36. The second-order valence-electron chi connectivity index (χ2n) is 16.7. The van der Waals surface area contributed by atoms with Gasteiger partial charge in [0.05, 0.1) is 19.2 Å². The Hall–Kier alpha value is -5.25. The highest BCUT2D eigenvalue weighted by Gasteiger charge is 2.41. The van der Waals surface area contributed by atoms with Crippen LogP contribution in [-0.2, 0) is 19.1 Å². The zero-order valence-electron chi connectivity index (χ0n) is 35.3. The summed E-state index contributed by atoms with van der Waals surface area (Å²) >= 11 is 1.37. The Morgan fingerprint density at radius 1 is 1.08 bits per heavy atom. The number of methoxy groups -OCH3 is 1. The van der Waals surface area contributed by atoms with Gasteiger partial charge >= 0.3 is 6.09 Å². The predicted octanol–water partition coefficient (Wildman–Crippen LogP) is 6.44. The zero-order chi connectivity index (χ0) is 42.9. The summed E-state index contributed by atoms with van der Waals surface area (Å²) in [5.41, 5.74) is 1.82. The Morgan fingerprint density at radius 3 is 2.53 bits per heavy atom. The monoisotopic (exact) mass is 834 g/mol. The Balaban J connectivity index is 0.00000158. The van der Waals surface area contributed by atoms with Gasteiger partial charge in [0.2, 0.25) is 24.5 Å². The molecule has 0 bridgehead atoms. The standard InChI is InChI=1S/C39H48N6O9S.C4H10/c1-7-23(2)30(35(48)44-55-39(5)15-16-39)42-34(47)27-12-9-17-45(27)29(46)19-40-37(49)52-21-38(3,4)20-51-25-11-8-10-24(18-25)31-36(50-6)43-32-26(41-31)13-14-28-33(32)54-22-53-28;1-4(2)3/h7-8,10-11,13-14,18,23,27,30H,1,9,12,15-17,19-22H2,2-6H3,(H,40,49)(H,42,47)(H,44,48);4H,1-3H3/t23-,27?,30?;/m0./s1. The van der Waals surface area contributed by atoms with E-state index in [4.69, 9.17) is 28.7 Å². The maximum atomic E-state index is 13.4. The SMILES string of the molecule is C=C[C@H](C)C(NC(=O)C1CCCN1C(=O)CNC(=O)OCC(C)(C)COc1cccc(-c2nc3ccc4c(c3nc2OC)OCO4)c1)C(=O)NSC1(C)CC1.CC(C)C. The second-order valence-corrected chi connectivity index (χ2v) is 18.1. The van der Waals surface area contributed by atoms with Crippen molar-refractivity contribution in [2.75, 3.05) is 40.2 Å². The lowest BCUT2D eigenvalue weighted by atomic mass is 9.96. The van der Waals surface area contributed by atoms with Gasteiger partial charge in [0.15, 0.2) is 11.5 Å². The molecule has 0 spiro atoms. The first-order valence-corrected chi connectivity index (χ1v) is 20.8. The van der Waals surface area contributed by atoms with E-state index in [1.165, 1.54) is 24.0 Å². The molecule has 3 atom stereocenters. The maximum Gasteiger partial charge on any atom is 0.407 e. The first kappa shape index (κ1) is 44.8. The van der Waals surface area contributed by atoms with Gasteiger partial charge in [0, 0.05) is 28.2 Å². The molecule has 2 aliphatic heterocycles. The van der Waals surface area contributed by atoms with E-state index in [1.54, 1.807) is 19.1 Å². The molecule has 2 fully saturated rings. The topological polar surface area (TPSA) is 180 Å². The van der Waals surface area contributed by atoms with Gasteiger partial charge in [-0.25, -0.2) is 14.8 Å². The minimum absolute atomic E-state index is 0.00389. The van der Waals surface area contributed by atoms with Gasteiger partial charge in [-0.05, 0) is 74.7 Å². The number of carbonyl (C=O) groups excluding carboxylic acids is 4. The van der Waals surface area contributed by atoms with Gasteiger partial charge in [-0.15, -0.1) is 6.58 Å². The molecule has 3 aliphatic rings. The molecule has 6 rings (SSSR count). The molecular weight excluding hydrogens is 777 g/mol. The molecule has 16 heteroatoms. The lowest BCUT2D eigenvalue weighted by Gasteiger charge is -2.28. The van der Waals surface area contributed by atoms with Crippen molar-refractivity contribution < 1.29 is 42.9 Å². The molecule has 4 amide bonds. The number of amides is 4. The third-order valence-corrected chi connectivity index (χ3v) is 11.0. The van der Waals surface area contributed by atoms with Crippen LogP contribution >= 0.6 is 11.9 Å². The summed E-state index contributed by atoms with van der Waals surface area (Å²) in [6.07, 6.45) is 3.94. The fourth-order valence-electron chi connectivity index (χ4n) is 6.09. The van der Waals surface area contributed by atoms with Crippen LogP contribution in [0.25, 0.3) is 22.3 Å². The Labute approximate surface area is 350 Å². The molecular formula is C43H58N6O9S. The summed E-state index contributed by atoms with van der Waals surface area (Å²) in [4.78, 5) is 63.1. The summed E-state index contributed by atoms with van der Waals surface area (Å²) in [5, 5.41) is 5.34. The van der Waals surface area contributed by atoms with Crippen LogP contribution in [0.1, 0.15) is 74.1 Å². The van der Waals surface area contributed by atoms with Crippen LogP contribution in [0.5, 0.6) is 23.1 Å². The minimum atomic E-state index is -0.836. The molecule has 59 heavy (non-hydrogen) atoms. The van der Waals surface area contributed by atoms with Crippen molar-refractivity contribution in [1.82, 2.24) is 30.2 Å². The van der Waals surface area contributed by atoms with E-state index < -0.39 is 35.4 Å². The van der Waals surface area contributed by atoms with Crippen molar-refractivity contribution in [3.63, 3.8) is 0 Å². The smallest absolute Gasteiger partial charge is 0.407 e. The number of rotatable bonds is 16. The first-order valence-electron chi connectivity index (χ1n) is 20.0. The van der Waals surface area contributed by atoms with Crippen LogP contribution in [0.3, 0.4) is 0 Å². The van der Waals surface area contributed by atoms with Gasteiger partial charge in [-0.2, -0.15) is 0 Å². The van der Waals surface area contributed by atoms with E-state index in [1.807, 2.05) is 44.2 Å². The molecule has 3 heterocycles. The molecule has 0 radical (unpaired) electrons. The predicted molar refractivity (Wildman–Crippen MR) is 226 cm³/mol. The van der Waals surface area contributed by atoms with Crippen LogP contribution in [0.2, 0.25) is 0 Å². The van der Waals surface area contributed by atoms with Gasteiger partial charge in [-0.1, -0.05) is 59.8 Å². The zero-order valence-corrected chi connectivity index (χ0v) is 36.2. The normalized spacial score (nSPS) is 17.2. The van der Waals surface area contributed by atoms with Crippen molar-refractivity contribution in [3.05, 3.63) is 49.1 Å². The second kappa shape index (κ2) is 19.7. The molecule has 1 aliphatic carbocycles. The van der Waals surface area contributed by atoms with Crippen LogP contribution < -0.4 is 34.3 Å². The fraction of sp³-hybridized carbons (Fsp3) is 0.535. The van der Waals surface area contributed by atoms with Gasteiger partial charge < -0.3 is 39.2 Å². The summed E-state index contributed by atoms with van der Waals surface area (Å²) < 4.78 is 31.1. The average Bonchev–Trinajstić information content (AvgIpc) is 3.54. The minimum Gasteiger partial charge on any atom is -0.493 e. The van der Waals surface area contributed by atoms with Crippen molar-refractivity contribution in [2.45, 2.75) is 91.0 Å². The number of nitrogens with one attached hydrogen (secondary N) is 3. The summed E-state index contributed by atoms with van der Waals surface area (Å²) in [6.45, 7) is 18.3. The van der Waals surface area contributed by atoms with E-state index >= 15 is 0 Å². The van der Waals surface area contributed by atoms with E-state index in [0.717, 1.165) is 24.3 Å². The number of fused-ring (bicyclic) bond motifs is 3. The van der Waals surface area contributed by atoms with Gasteiger partial charge in [0.25, 0.3) is 5.91 Å². The number of benzene rings is 2. The largest absolute Gasteiger partial charge is 0.493 e. The number of hydrogen-bond donors (Lipinski definition) is 3. The van der Waals surface area contributed by atoms with Crippen LogP contribution in [0.15, 0.2) is 49.1 Å². The summed E-state index contributed by atoms with van der Waals surface area (Å²) in [7, 11) is 1.52. The number of carbonyl (C=O) groups is 4. The fourth-order valence-corrected chi connectivity index (χ4v) is 6.87. The first-order chi connectivity index (χ1) is 28.0.